The zero-order valence-electron chi connectivity index (χ0n) is 15.6. The number of sulfone groups is 1. The van der Waals surface area contributed by atoms with E-state index >= 15 is 0 Å². The Labute approximate surface area is 155 Å². The van der Waals surface area contributed by atoms with Gasteiger partial charge in [0.25, 0.3) is 0 Å². The van der Waals surface area contributed by atoms with Crippen molar-refractivity contribution in [3.63, 3.8) is 0 Å². The van der Waals surface area contributed by atoms with E-state index in [0.29, 0.717) is 32.5 Å². The predicted octanol–water partition coefficient (Wildman–Crippen LogP) is 1.69. The molecule has 0 aliphatic carbocycles. The van der Waals surface area contributed by atoms with Crippen LogP contribution in [0.1, 0.15) is 30.4 Å². The molecule has 2 aliphatic heterocycles. The molecule has 0 saturated carbocycles. The molecule has 0 N–H and O–H groups in total. The Hall–Kier alpha value is -1.89. The summed E-state index contributed by atoms with van der Waals surface area (Å²) in [5.41, 5.74) is 3.12. The van der Waals surface area contributed by atoms with Crippen LogP contribution in [0.25, 0.3) is 0 Å². The van der Waals surface area contributed by atoms with Gasteiger partial charge in [-0.3, -0.25) is 9.59 Å². The van der Waals surface area contributed by atoms with Crippen molar-refractivity contribution in [1.29, 1.82) is 0 Å². The first-order valence-electron chi connectivity index (χ1n) is 9.02. The standard InChI is InChI=1S/C19H26N2O4S/c1-13-4-5-16(10-14(13)2)21-12-15(11-18(21)22)19(23)20-8-6-17(7-9-20)26(3,24)25/h4-5,10,15,17H,6-9,11-12H2,1-3H3. The third-order valence-corrected chi connectivity index (χ3v) is 7.32. The summed E-state index contributed by atoms with van der Waals surface area (Å²) in [5.74, 6) is -0.409. The van der Waals surface area contributed by atoms with Gasteiger partial charge in [-0.1, -0.05) is 6.07 Å². The van der Waals surface area contributed by atoms with E-state index in [4.69, 9.17) is 0 Å². The molecule has 7 heteroatoms. The molecule has 142 valence electrons. The number of carbonyl (C=O) groups excluding carboxylic acids is 2. The minimum absolute atomic E-state index is 0.0300. The average Bonchev–Trinajstić information content (AvgIpc) is 2.98. The summed E-state index contributed by atoms with van der Waals surface area (Å²) < 4.78 is 23.3. The van der Waals surface area contributed by atoms with Crippen molar-refractivity contribution in [2.45, 2.75) is 38.4 Å². The topological polar surface area (TPSA) is 74.8 Å². The van der Waals surface area contributed by atoms with E-state index in [1.54, 1.807) is 9.80 Å². The fourth-order valence-electron chi connectivity index (χ4n) is 3.78. The lowest BCUT2D eigenvalue weighted by Crippen LogP contribution is -2.45. The number of carbonyl (C=O) groups is 2. The van der Waals surface area contributed by atoms with Gasteiger partial charge >= 0.3 is 0 Å². The van der Waals surface area contributed by atoms with E-state index in [1.165, 1.54) is 11.8 Å². The molecule has 26 heavy (non-hydrogen) atoms. The molecule has 1 atom stereocenters. The molecule has 1 aromatic rings. The molecule has 2 aliphatic rings. The maximum absolute atomic E-state index is 12.8. The monoisotopic (exact) mass is 378 g/mol. The number of piperidine rings is 1. The van der Waals surface area contributed by atoms with Gasteiger partial charge in [-0.2, -0.15) is 0 Å². The Bertz CT molecular complexity index is 826. The van der Waals surface area contributed by atoms with Crippen LogP contribution in [-0.4, -0.2) is 56.3 Å². The van der Waals surface area contributed by atoms with Crippen LogP contribution in [-0.2, 0) is 19.4 Å². The molecule has 0 aromatic heterocycles. The van der Waals surface area contributed by atoms with Gasteiger partial charge in [0, 0.05) is 38.0 Å². The van der Waals surface area contributed by atoms with Crippen molar-refractivity contribution in [2.24, 2.45) is 5.92 Å². The molecule has 0 spiro atoms. The molecule has 6 nitrogen and oxygen atoms in total. The minimum Gasteiger partial charge on any atom is -0.342 e. The zero-order valence-corrected chi connectivity index (χ0v) is 16.4. The van der Waals surface area contributed by atoms with E-state index in [-0.39, 0.29) is 29.4 Å². The molecule has 3 rings (SSSR count). The molecule has 2 heterocycles. The summed E-state index contributed by atoms with van der Waals surface area (Å²) in [4.78, 5) is 28.6. The Kier molecular flexibility index (Phi) is 5.10. The van der Waals surface area contributed by atoms with Gasteiger partial charge in [-0.25, -0.2) is 8.42 Å². The predicted molar refractivity (Wildman–Crippen MR) is 101 cm³/mol. The van der Waals surface area contributed by atoms with Gasteiger partial charge < -0.3 is 9.80 Å². The molecule has 2 saturated heterocycles. The maximum Gasteiger partial charge on any atom is 0.228 e. The van der Waals surface area contributed by atoms with E-state index < -0.39 is 9.84 Å². The second-order valence-electron chi connectivity index (χ2n) is 7.53. The van der Waals surface area contributed by atoms with E-state index in [9.17, 15) is 18.0 Å². The van der Waals surface area contributed by atoms with Crippen molar-refractivity contribution >= 4 is 27.3 Å². The van der Waals surface area contributed by atoms with E-state index in [1.807, 2.05) is 32.0 Å². The quantitative estimate of drug-likeness (QED) is 0.802. The number of hydrogen-bond donors (Lipinski definition) is 0. The number of hydrogen-bond acceptors (Lipinski definition) is 4. The van der Waals surface area contributed by atoms with Crippen molar-refractivity contribution in [1.82, 2.24) is 4.90 Å². The Balaban J connectivity index is 1.65. The summed E-state index contributed by atoms with van der Waals surface area (Å²) in [6, 6.07) is 5.89. The highest BCUT2D eigenvalue weighted by molar-refractivity contribution is 7.91. The number of anilines is 1. The van der Waals surface area contributed by atoms with Gasteiger partial charge in [-0.15, -0.1) is 0 Å². The number of nitrogens with zero attached hydrogens (tertiary/aromatic N) is 2. The summed E-state index contributed by atoms with van der Waals surface area (Å²) in [7, 11) is -3.06. The van der Waals surface area contributed by atoms with Crippen molar-refractivity contribution < 1.29 is 18.0 Å². The normalized spacial score (nSPS) is 22.1. The summed E-state index contributed by atoms with van der Waals surface area (Å²) >= 11 is 0. The number of amides is 2. The smallest absolute Gasteiger partial charge is 0.228 e. The number of likely N-dealkylation sites (tertiary alicyclic amines) is 1. The lowest BCUT2D eigenvalue weighted by atomic mass is 10.0. The fraction of sp³-hybridized carbons (Fsp3) is 0.579. The molecule has 2 amide bonds. The van der Waals surface area contributed by atoms with Gasteiger partial charge in [0.1, 0.15) is 9.84 Å². The molecular formula is C19H26N2O4S. The first kappa shape index (κ1) is 18.9. The Morgan fingerprint density at radius 1 is 1.12 bits per heavy atom. The van der Waals surface area contributed by atoms with Crippen LogP contribution in [0, 0.1) is 19.8 Å². The lowest BCUT2D eigenvalue weighted by molar-refractivity contribution is -0.136. The maximum atomic E-state index is 12.8. The Morgan fingerprint density at radius 2 is 1.77 bits per heavy atom. The summed E-state index contributed by atoms with van der Waals surface area (Å²) in [5, 5.41) is -0.358. The first-order chi connectivity index (χ1) is 12.2. The average molecular weight is 378 g/mol. The molecule has 2 fully saturated rings. The lowest BCUT2D eigenvalue weighted by Gasteiger charge is -2.32. The second-order valence-corrected chi connectivity index (χ2v) is 9.85. The van der Waals surface area contributed by atoms with Gasteiger partial charge in [0.2, 0.25) is 11.8 Å². The zero-order chi connectivity index (χ0) is 19.1. The highest BCUT2D eigenvalue weighted by Gasteiger charge is 2.39. The van der Waals surface area contributed by atoms with Crippen LogP contribution >= 0.6 is 0 Å². The molecule has 0 radical (unpaired) electrons. The van der Waals surface area contributed by atoms with Crippen LogP contribution in [0.4, 0.5) is 5.69 Å². The molecule has 1 unspecified atom stereocenters. The van der Waals surface area contributed by atoms with Gasteiger partial charge in [0.15, 0.2) is 0 Å². The van der Waals surface area contributed by atoms with Crippen LogP contribution in [0.3, 0.4) is 0 Å². The number of benzene rings is 1. The van der Waals surface area contributed by atoms with Crippen LogP contribution in [0.5, 0.6) is 0 Å². The van der Waals surface area contributed by atoms with Gasteiger partial charge in [-0.05, 0) is 49.9 Å². The van der Waals surface area contributed by atoms with Crippen LogP contribution < -0.4 is 4.90 Å². The summed E-state index contributed by atoms with van der Waals surface area (Å²) in [6.07, 6.45) is 2.43. The molecular weight excluding hydrogens is 352 g/mol. The largest absolute Gasteiger partial charge is 0.342 e. The highest BCUT2D eigenvalue weighted by Crippen LogP contribution is 2.29. The van der Waals surface area contributed by atoms with Crippen LogP contribution in [0.15, 0.2) is 18.2 Å². The first-order valence-corrected chi connectivity index (χ1v) is 11.0. The van der Waals surface area contributed by atoms with Crippen LogP contribution in [0.2, 0.25) is 0 Å². The molecule has 0 bridgehead atoms. The summed E-state index contributed by atoms with van der Waals surface area (Å²) in [6.45, 7) is 5.33. The number of aryl methyl sites for hydroxylation is 2. The third kappa shape index (κ3) is 3.77. The minimum atomic E-state index is -3.06. The van der Waals surface area contributed by atoms with E-state index in [0.717, 1.165) is 11.3 Å². The van der Waals surface area contributed by atoms with Crippen molar-refractivity contribution in [3.8, 4) is 0 Å². The fourth-order valence-corrected chi connectivity index (χ4v) is 4.85. The highest BCUT2D eigenvalue weighted by atomic mass is 32.2. The molecule has 1 aromatic carbocycles. The van der Waals surface area contributed by atoms with Crippen molar-refractivity contribution in [2.75, 3.05) is 30.8 Å². The second kappa shape index (κ2) is 7.02. The van der Waals surface area contributed by atoms with E-state index in [2.05, 4.69) is 0 Å². The van der Waals surface area contributed by atoms with Crippen molar-refractivity contribution in [3.05, 3.63) is 29.3 Å². The number of rotatable bonds is 3. The van der Waals surface area contributed by atoms with Gasteiger partial charge in [0.05, 0.1) is 11.2 Å². The third-order valence-electron chi connectivity index (χ3n) is 5.64. The Morgan fingerprint density at radius 3 is 2.35 bits per heavy atom. The SMILES string of the molecule is Cc1ccc(N2CC(C(=O)N3CCC(S(C)(=O)=O)CC3)CC2=O)cc1C.